The van der Waals surface area contributed by atoms with E-state index in [4.69, 9.17) is 9.98 Å². The zero-order valence-electron chi connectivity index (χ0n) is 54.7. The molecule has 0 saturated heterocycles. The fourth-order valence-electron chi connectivity index (χ4n) is 12.0. The number of unbranched alkanes of at least 4 members (excludes halogenated alkanes) is 47. The molecule has 0 N–H and O–H groups in total. The summed E-state index contributed by atoms with van der Waals surface area (Å²) in [5, 5.41) is 0. The van der Waals surface area contributed by atoms with E-state index in [1.165, 1.54) is 338 Å². The van der Waals surface area contributed by atoms with Gasteiger partial charge in [-0.1, -0.05) is 377 Å². The minimum absolute atomic E-state index is 0. The Hall–Kier alpha value is -2.25. The largest absolute Gasteiger partial charge is 0.251 e. The van der Waals surface area contributed by atoms with E-state index in [0.717, 1.165) is 55.6 Å². The van der Waals surface area contributed by atoms with Gasteiger partial charge in [-0.3, -0.25) is 9.98 Å². The number of benzene rings is 2. The first kappa shape index (κ1) is 76.8. The van der Waals surface area contributed by atoms with Gasteiger partial charge in [0.15, 0.2) is 0 Å². The van der Waals surface area contributed by atoms with Gasteiger partial charge in [0.05, 0.1) is 22.8 Å². The molecule has 0 unspecified atom stereocenters. The summed E-state index contributed by atoms with van der Waals surface area (Å²) < 4.78 is 0. The molecule has 2 nitrogen and oxygen atoms in total. The Morgan fingerprint density at radius 2 is 0.506 bits per heavy atom. The summed E-state index contributed by atoms with van der Waals surface area (Å²) in [5.74, 6) is 0. The summed E-state index contributed by atoms with van der Waals surface area (Å²) in [6, 6.07) is 17.8. The van der Waals surface area contributed by atoms with Crippen LogP contribution in [0.15, 0.2) is 82.8 Å². The monoisotopic (exact) mass is 1160 g/mol. The molecule has 0 aliphatic carbocycles. The van der Waals surface area contributed by atoms with E-state index >= 15 is 0 Å². The molecule has 81 heavy (non-hydrogen) atoms. The van der Waals surface area contributed by atoms with Crippen LogP contribution in [0.5, 0.6) is 0 Å². The third-order valence-corrected chi connectivity index (χ3v) is 17.4. The smallest absolute Gasteiger partial charge is 0.0665 e. The van der Waals surface area contributed by atoms with Crippen LogP contribution in [0.1, 0.15) is 386 Å². The molecule has 2 rings (SSSR count). The predicted molar refractivity (Wildman–Crippen MR) is 365 cm³/mol. The van der Waals surface area contributed by atoms with Crippen molar-refractivity contribution >= 4 is 22.8 Å². The Kier molecular flexibility index (Phi) is 59.0. The Labute approximate surface area is 517 Å². The van der Waals surface area contributed by atoms with Crippen molar-refractivity contribution in [2.75, 3.05) is 0 Å². The molecule has 2 aromatic carbocycles. The summed E-state index contributed by atoms with van der Waals surface area (Å²) in [6.45, 7) is 9.20. The molecule has 0 aromatic heterocycles. The van der Waals surface area contributed by atoms with E-state index in [2.05, 4.69) is 101 Å². The zero-order valence-corrected chi connectivity index (χ0v) is 55.7. The van der Waals surface area contributed by atoms with Gasteiger partial charge in [-0.25, -0.2) is 0 Å². The molecule has 0 bridgehead atoms. The molecular weight excluding hydrogens is 1020 g/mol. The summed E-state index contributed by atoms with van der Waals surface area (Å²) in [7, 11) is 0. The first-order valence-corrected chi connectivity index (χ1v) is 36.3. The van der Waals surface area contributed by atoms with Crippen molar-refractivity contribution in [3.8, 4) is 0 Å². The van der Waals surface area contributed by atoms with Crippen LogP contribution in [0.25, 0.3) is 0 Å². The number of hydrogen-bond donors (Lipinski definition) is 0. The van der Waals surface area contributed by atoms with Gasteiger partial charge in [0, 0.05) is 16.5 Å². The van der Waals surface area contributed by atoms with Crippen molar-refractivity contribution in [2.24, 2.45) is 9.98 Å². The SMILES string of the molecule is CCCCCCCCCCCCCCCCCCCCCCCCC=CCCc1ccccc1N=C(CC)C(CCCCCC)=Nc1ccccc1CCC=CCCCCCCCCCCCCCCCCCCCCCCCC.[Ni]. The minimum Gasteiger partial charge on any atom is -0.251 e. The number of nitrogens with zero attached hydrogens (tertiary/aromatic N) is 2. The van der Waals surface area contributed by atoms with Crippen molar-refractivity contribution in [1.82, 2.24) is 0 Å². The number of hydrogen-bond acceptors (Lipinski definition) is 2. The first-order chi connectivity index (χ1) is 39.7. The second-order valence-electron chi connectivity index (χ2n) is 25.0. The average Bonchev–Trinajstić information content (AvgIpc) is 3.48. The Morgan fingerprint density at radius 1 is 0.272 bits per heavy atom. The molecule has 0 atom stereocenters. The summed E-state index contributed by atoms with van der Waals surface area (Å²) in [6.07, 6.45) is 86.8. The van der Waals surface area contributed by atoms with Gasteiger partial charge in [0.1, 0.15) is 0 Å². The van der Waals surface area contributed by atoms with E-state index in [1.807, 2.05) is 0 Å². The van der Waals surface area contributed by atoms with E-state index in [0.29, 0.717) is 0 Å². The maximum atomic E-state index is 5.48. The number of para-hydroxylation sites is 2. The molecule has 0 heterocycles. The topological polar surface area (TPSA) is 24.7 Å². The average molecular weight is 1160 g/mol. The van der Waals surface area contributed by atoms with Gasteiger partial charge in [-0.2, -0.15) is 0 Å². The Bertz CT molecular complexity index is 1720. The molecule has 2 aromatic rings. The van der Waals surface area contributed by atoms with Crippen LogP contribution < -0.4 is 0 Å². The molecule has 0 amide bonds. The number of rotatable bonds is 61. The van der Waals surface area contributed by atoms with Crippen LogP contribution in [-0.2, 0) is 29.3 Å². The van der Waals surface area contributed by atoms with Crippen molar-refractivity contribution in [2.45, 2.75) is 387 Å². The molecule has 0 fully saturated rings. The van der Waals surface area contributed by atoms with Gasteiger partial charge in [-0.05, 0) is 93.9 Å². The van der Waals surface area contributed by atoms with Crippen LogP contribution in [0.2, 0.25) is 0 Å². The van der Waals surface area contributed by atoms with Crippen molar-refractivity contribution in [3.05, 3.63) is 84.0 Å². The minimum atomic E-state index is 0. The van der Waals surface area contributed by atoms with Crippen molar-refractivity contribution < 1.29 is 16.5 Å². The summed E-state index contributed by atoms with van der Waals surface area (Å²) in [5.41, 5.74) is 7.32. The van der Waals surface area contributed by atoms with E-state index in [-0.39, 0.29) is 16.5 Å². The second-order valence-corrected chi connectivity index (χ2v) is 25.0. The van der Waals surface area contributed by atoms with Gasteiger partial charge in [0.25, 0.3) is 0 Å². The normalized spacial score (nSPS) is 12.2. The maximum Gasteiger partial charge on any atom is 0.0665 e. The summed E-state index contributed by atoms with van der Waals surface area (Å²) >= 11 is 0. The van der Waals surface area contributed by atoms with Crippen LogP contribution >= 0.6 is 0 Å². The van der Waals surface area contributed by atoms with Crippen molar-refractivity contribution in [1.29, 1.82) is 0 Å². The quantitative estimate of drug-likeness (QED) is 0.0273. The molecule has 0 aliphatic heterocycles. The molecule has 0 radical (unpaired) electrons. The molecule has 468 valence electrons. The van der Waals surface area contributed by atoms with Crippen LogP contribution in [0.3, 0.4) is 0 Å². The second kappa shape index (κ2) is 62.3. The van der Waals surface area contributed by atoms with Gasteiger partial charge in [-0.15, -0.1) is 0 Å². The van der Waals surface area contributed by atoms with Gasteiger partial charge < -0.3 is 0 Å². The maximum absolute atomic E-state index is 5.48. The molecule has 0 saturated carbocycles. The molecule has 0 aliphatic rings. The Morgan fingerprint density at radius 3 is 0.790 bits per heavy atom. The van der Waals surface area contributed by atoms with Crippen LogP contribution in [-0.4, -0.2) is 11.4 Å². The van der Waals surface area contributed by atoms with Crippen LogP contribution in [0, 0.1) is 0 Å². The third kappa shape index (κ3) is 48.7. The Balaban J connectivity index is 0.0000328. The number of aryl methyl sites for hydroxylation is 2. The van der Waals surface area contributed by atoms with Gasteiger partial charge in [0.2, 0.25) is 0 Å². The number of aliphatic imine (C=N–C) groups is 2. The standard InChI is InChI=1S/C78H136N2.Ni/c1-5-9-12-15-17-19-21-23-25-27-29-31-33-35-37-39-41-43-45-47-49-51-53-55-57-59-66-73-68-62-64-70-76(73)79-75(8-4)78(72-61-14-11-7-3)80-77-71-65-63-69-74(77)67-60-58-56-54-52-50-48-46-44-42-40-38-36-34-32-30-28-26-24-22-20-18-16-13-10-6-2;/h55-58,62-65,68-71H,5-54,59-61,66-67,72H2,1-4H3;. The van der Waals surface area contributed by atoms with E-state index < -0.39 is 0 Å². The summed E-state index contributed by atoms with van der Waals surface area (Å²) in [4.78, 5) is 10.9. The first-order valence-electron chi connectivity index (χ1n) is 36.3. The predicted octanol–water partition coefficient (Wildman–Crippen LogP) is 27.9. The fourth-order valence-corrected chi connectivity index (χ4v) is 12.0. The van der Waals surface area contributed by atoms with Gasteiger partial charge >= 0.3 is 0 Å². The van der Waals surface area contributed by atoms with E-state index in [9.17, 15) is 0 Å². The molecular formula is C78H136N2Ni. The van der Waals surface area contributed by atoms with Crippen LogP contribution in [0.4, 0.5) is 11.4 Å². The third-order valence-electron chi connectivity index (χ3n) is 17.4. The van der Waals surface area contributed by atoms with E-state index in [1.54, 1.807) is 0 Å². The fraction of sp³-hybridized carbons (Fsp3) is 0.769. The van der Waals surface area contributed by atoms with Crippen molar-refractivity contribution in [3.63, 3.8) is 0 Å². The number of allylic oxidation sites excluding steroid dienone is 4. The molecule has 0 spiro atoms. The zero-order chi connectivity index (χ0) is 57.0. The molecule has 3 heteroatoms.